The highest BCUT2D eigenvalue weighted by Gasteiger charge is 2.18. The summed E-state index contributed by atoms with van der Waals surface area (Å²) in [4.78, 5) is 4.53. The van der Waals surface area contributed by atoms with E-state index in [1.165, 1.54) is 11.1 Å². The van der Waals surface area contributed by atoms with Crippen LogP contribution in [-0.2, 0) is 6.42 Å². The molecular weight excluding hydrogens is 256 g/mol. The van der Waals surface area contributed by atoms with Crippen molar-refractivity contribution >= 4 is 5.69 Å². The van der Waals surface area contributed by atoms with Gasteiger partial charge < -0.3 is 5.73 Å². The average molecular weight is 274 g/mol. The van der Waals surface area contributed by atoms with Crippen molar-refractivity contribution in [3.8, 4) is 0 Å². The molecule has 0 amide bonds. The van der Waals surface area contributed by atoms with Gasteiger partial charge in [0.05, 0.1) is 11.4 Å². The maximum Gasteiger partial charge on any atom is 0.0710 e. The van der Waals surface area contributed by atoms with Crippen LogP contribution in [0.5, 0.6) is 0 Å². The van der Waals surface area contributed by atoms with E-state index in [1.54, 1.807) is 0 Å². The largest absolute Gasteiger partial charge is 0.397 e. The van der Waals surface area contributed by atoms with Crippen molar-refractivity contribution in [3.05, 3.63) is 95.8 Å². The zero-order valence-electron chi connectivity index (χ0n) is 11.8. The number of nitrogens with zero attached hydrogens (tertiary/aromatic N) is 1. The van der Waals surface area contributed by atoms with E-state index in [4.69, 9.17) is 5.73 Å². The van der Waals surface area contributed by atoms with E-state index in [1.807, 2.05) is 30.5 Å². The minimum atomic E-state index is 0.176. The Morgan fingerprint density at radius 2 is 1.48 bits per heavy atom. The first kappa shape index (κ1) is 13.4. The molecular formula is C19H18N2. The van der Waals surface area contributed by atoms with Crippen molar-refractivity contribution in [1.82, 2.24) is 4.98 Å². The number of hydrogen-bond donors (Lipinski definition) is 1. The Kier molecular flexibility index (Phi) is 3.97. The molecule has 0 saturated heterocycles. The van der Waals surface area contributed by atoms with Gasteiger partial charge in [0.1, 0.15) is 0 Å². The van der Waals surface area contributed by atoms with Gasteiger partial charge in [0, 0.05) is 12.1 Å². The number of anilines is 1. The minimum absolute atomic E-state index is 0.176. The summed E-state index contributed by atoms with van der Waals surface area (Å²) < 4.78 is 0. The summed E-state index contributed by atoms with van der Waals surface area (Å²) in [6, 6.07) is 24.7. The van der Waals surface area contributed by atoms with Gasteiger partial charge in [0.15, 0.2) is 0 Å². The summed E-state index contributed by atoms with van der Waals surface area (Å²) in [6.45, 7) is 0. The molecule has 2 heteroatoms. The maximum absolute atomic E-state index is 6.15. The second-order valence-corrected chi connectivity index (χ2v) is 5.13. The van der Waals surface area contributed by atoms with E-state index < -0.39 is 0 Å². The molecule has 21 heavy (non-hydrogen) atoms. The molecule has 0 saturated carbocycles. The number of rotatable bonds is 4. The number of hydrogen-bond acceptors (Lipinski definition) is 2. The van der Waals surface area contributed by atoms with Crippen LogP contribution >= 0.6 is 0 Å². The molecule has 0 aliphatic rings. The highest BCUT2D eigenvalue weighted by atomic mass is 14.7. The molecule has 0 aliphatic heterocycles. The Labute approximate surface area is 125 Å². The Balaban J connectivity index is 2.02. The Morgan fingerprint density at radius 3 is 2.14 bits per heavy atom. The van der Waals surface area contributed by atoms with Crippen LogP contribution in [-0.4, -0.2) is 4.98 Å². The predicted molar refractivity (Wildman–Crippen MR) is 87.1 cm³/mol. The van der Waals surface area contributed by atoms with Crippen molar-refractivity contribution in [2.24, 2.45) is 0 Å². The lowest BCUT2D eigenvalue weighted by Crippen LogP contribution is -2.10. The quantitative estimate of drug-likeness (QED) is 0.780. The Hall–Kier alpha value is -2.61. The second-order valence-electron chi connectivity index (χ2n) is 5.13. The van der Waals surface area contributed by atoms with Crippen LogP contribution in [0.4, 0.5) is 5.69 Å². The molecule has 0 spiro atoms. The molecule has 2 N–H and O–H groups in total. The van der Waals surface area contributed by atoms with Crippen LogP contribution < -0.4 is 5.73 Å². The third-order valence-electron chi connectivity index (χ3n) is 3.69. The molecule has 2 nitrogen and oxygen atoms in total. The first-order valence-electron chi connectivity index (χ1n) is 7.14. The van der Waals surface area contributed by atoms with Crippen molar-refractivity contribution < 1.29 is 0 Å². The molecule has 1 aromatic heterocycles. The zero-order chi connectivity index (χ0) is 14.5. The van der Waals surface area contributed by atoms with Gasteiger partial charge in [-0.3, -0.25) is 4.98 Å². The van der Waals surface area contributed by atoms with Crippen molar-refractivity contribution in [3.63, 3.8) is 0 Å². The molecule has 0 aliphatic carbocycles. The smallest absolute Gasteiger partial charge is 0.0710 e. The van der Waals surface area contributed by atoms with Crippen LogP contribution in [0.2, 0.25) is 0 Å². The van der Waals surface area contributed by atoms with E-state index in [2.05, 4.69) is 53.5 Å². The number of pyridine rings is 1. The predicted octanol–water partition coefficient (Wildman–Crippen LogP) is 4.04. The molecule has 0 radical (unpaired) electrons. The number of nitrogen functional groups attached to an aromatic ring is 1. The molecule has 2 aromatic carbocycles. The van der Waals surface area contributed by atoms with Crippen molar-refractivity contribution in [2.45, 2.75) is 12.3 Å². The minimum Gasteiger partial charge on any atom is -0.397 e. The average Bonchev–Trinajstić information content (AvgIpc) is 2.55. The Morgan fingerprint density at radius 1 is 0.810 bits per heavy atom. The van der Waals surface area contributed by atoms with E-state index in [-0.39, 0.29) is 5.92 Å². The molecule has 104 valence electrons. The fourth-order valence-electron chi connectivity index (χ4n) is 2.63. The second kappa shape index (κ2) is 6.23. The van der Waals surface area contributed by atoms with Crippen molar-refractivity contribution in [2.75, 3.05) is 5.73 Å². The highest BCUT2D eigenvalue weighted by molar-refractivity contribution is 5.48. The van der Waals surface area contributed by atoms with Crippen LogP contribution in [0.1, 0.15) is 22.7 Å². The first-order valence-corrected chi connectivity index (χ1v) is 7.14. The van der Waals surface area contributed by atoms with Gasteiger partial charge in [-0.15, -0.1) is 0 Å². The first-order chi connectivity index (χ1) is 10.3. The third kappa shape index (κ3) is 3.11. The fraction of sp³-hybridized carbons (Fsp3) is 0.105. The molecule has 3 rings (SSSR count). The molecule has 0 bridgehead atoms. The van der Waals surface area contributed by atoms with E-state index in [0.29, 0.717) is 0 Å². The molecule has 1 heterocycles. The highest BCUT2D eigenvalue weighted by Crippen LogP contribution is 2.30. The summed E-state index contributed by atoms with van der Waals surface area (Å²) in [5, 5.41) is 0. The summed E-state index contributed by atoms with van der Waals surface area (Å²) in [7, 11) is 0. The van der Waals surface area contributed by atoms with Gasteiger partial charge in [-0.05, 0) is 29.7 Å². The van der Waals surface area contributed by atoms with E-state index >= 15 is 0 Å². The lowest BCUT2D eigenvalue weighted by atomic mass is 9.88. The molecule has 1 atom stereocenters. The lowest BCUT2D eigenvalue weighted by molar-refractivity contribution is 0.777. The van der Waals surface area contributed by atoms with Crippen LogP contribution in [0, 0.1) is 0 Å². The molecule has 0 fully saturated rings. The number of aromatic nitrogens is 1. The van der Waals surface area contributed by atoms with E-state index in [0.717, 1.165) is 17.8 Å². The summed E-state index contributed by atoms with van der Waals surface area (Å²) in [5.74, 6) is 0.176. The monoisotopic (exact) mass is 274 g/mol. The van der Waals surface area contributed by atoms with Gasteiger partial charge in [-0.25, -0.2) is 0 Å². The Bertz CT molecular complexity index is 693. The van der Waals surface area contributed by atoms with Gasteiger partial charge in [0.25, 0.3) is 0 Å². The summed E-state index contributed by atoms with van der Waals surface area (Å²) >= 11 is 0. The standard InChI is InChI=1S/C19H18N2/c20-18-12-7-13-21-19(18)17(16-10-5-2-6-11-16)14-15-8-3-1-4-9-15/h1-13,17H,14,20H2. The molecule has 1 unspecified atom stereocenters. The SMILES string of the molecule is Nc1cccnc1C(Cc1ccccc1)c1ccccc1. The van der Waals surface area contributed by atoms with Gasteiger partial charge in [-0.2, -0.15) is 0 Å². The van der Waals surface area contributed by atoms with E-state index in [9.17, 15) is 0 Å². The van der Waals surface area contributed by atoms with Gasteiger partial charge in [-0.1, -0.05) is 60.7 Å². The molecule has 3 aromatic rings. The van der Waals surface area contributed by atoms with Crippen LogP contribution in [0.3, 0.4) is 0 Å². The van der Waals surface area contributed by atoms with Crippen LogP contribution in [0.15, 0.2) is 79.0 Å². The van der Waals surface area contributed by atoms with Gasteiger partial charge in [0.2, 0.25) is 0 Å². The van der Waals surface area contributed by atoms with Crippen LogP contribution in [0.25, 0.3) is 0 Å². The summed E-state index contributed by atoms with van der Waals surface area (Å²) in [5.41, 5.74) is 10.4. The topological polar surface area (TPSA) is 38.9 Å². The zero-order valence-corrected chi connectivity index (χ0v) is 11.8. The summed E-state index contributed by atoms with van der Waals surface area (Å²) in [6.07, 6.45) is 2.71. The lowest BCUT2D eigenvalue weighted by Gasteiger charge is -2.18. The number of benzene rings is 2. The number of nitrogens with two attached hydrogens (primary N) is 1. The van der Waals surface area contributed by atoms with Crippen molar-refractivity contribution in [1.29, 1.82) is 0 Å². The normalized spacial score (nSPS) is 12.0. The fourth-order valence-corrected chi connectivity index (χ4v) is 2.63. The maximum atomic E-state index is 6.15. The van der Waals surface area contributed by atoms with Gasteiger partial charge >= 0.3 is 0 Å². The third-order valence-corrected chi connectivity index (χ3v) is 3.69.